The molecule has 1 aliphatic heterocycles. The van der Waals surface area contributed by atoms with Gasteiger partial charge in [0.15, 0.2) is 11.6 Å². The number of nitrogens with zero attached hydrogens (tertiary/aromatic N) is 1. The Hall–Kier alpha value is -5.06. The number of unbranched alkanes of at least 4 members (excludes halogenated alkanes) is 6. The van der Waals surface area contributed by atoms with Crippen LogP contribution in [0.3, 0.4) is 0 Å². The summed E-state index contributed by atoms with van der Waals surface area (Å²) in [6.45, 7) is 11.3. The zero-order valence-corrected chi connectivity index (χ0v) is 34.5. The molecule has 0 radical (unpaired) electrons. The molecule has 3 nitrogen and oxygen atoms in total. The molecule has 1 aliphatic carbocycles. The van der Waals surface area contributed by atoms with E-state index >= 15 is 0 Å². The van der Waals surface area contributed by atoms with Gasteiger partial charge in [-0.15, -0.1) is 11.3 Å². The van der Waals surface area contributed by atoms with E-state index in [2.05, 4.69) is 118 Å². The molecule has 0 saturated heterocycles. The third-order valence-corrected chi connectivity index (χ3v) is 13.4. The molecular formula is C52H53NO2S. The van der Waals surface area contributed by atoms with E-state index in [0.717, 1.165) is 36.2 Å². The quantitative estimate of drug-likeness (QED) is 0.0669. The fourth-order valence-electron chi connectivity index (χ4n) is 9.70. The monoisotopic (exact) mass is 755 g/mol. The molecule has 0 saturated carbocycles. The first-order chi connectivity index (χ1) is 27.3. The molecule has 0 atom stereocenters. The first kappa shape index (κ1) is 37.8. The van der Waals surface area contributed by atoms with Gasteiger partial charge in [-0.1, -0.05) is 150 Å². The minimum absolute atomic E-state index is 0.176. The fourth-order valence-corrected chi connectivity index (χ4v) is 10.9. The minimum atomic E-state index is -0.240. The molecule has 0 bridgehead atoms. The van der Waals surface area contributed by atoms with Crippen LogP contribution in [0.2, 0.25) is 0 Å². The molecule has 1 aromatic heterocycles. The molecule has 284 valence electrons. The molecule has 0 spiro atoms. The molecule has 2 heterocycles. The van der Waals surface area contributed by atoms with Crippen LogP contribution in [0.15, 0.2) is 109 Å². The van der Waals surface area contributed by atoms with Crippen LogP contribution in [0.1, 0.15) is 131 Å². The van der Waals surface area contributed by atoms with Gasteiger partial charge >= 0.3 is 0 Å². The number of thiophene rings is 1. The zero-order valence-electron chi connectivity index (χ0n) is 33.6. The lowest BCUT2D eigenvalue weighted by molar-refractivity contribution is 0.0990. The second-order valence-electron chi connectivity index (χ2n) is 16.2. The van der Waals surface area contributed by atoms with Gasteiger partial charge in [-0.05, 0) is 103 Å². The van der Waals surface area contributed by atoms with E-state index in [1.165, 1.54) is 98.9 Å². The standard InChI is InChI=1S/C52H53NO2S/c1-6-8-10-16-27-52(28-17-11-9-7-2)44-31-38(48-35(4)29-34(3)30-36(48)5)25-26-47(44)53(46-24-18-20-37-19-12-13-21-40(37)46)51-45(52)33-39(56-51)32-43-49(54)41-22-14-15-23-42(41)50(43)55/h12-15,18-26,29-33H,6-11,16-17,27-28H2,1-5H3. The van der Waals surface area contributed by atoms with Gasteiger partial charge < -0.3 is 4.90 Å². The highest BCUT2D eigenvalue weighted by Gasteiger charge is 2.45. The van der Waals surface area contributed by atoms with Crippen molar-refractivity contribution in [3.05, 3.63) is 153 Å². The van der Waals surface area contributed by atoms with Crippen molar-refractivity contribution in [2.75, 3.05) is 4.90 Å². The van der Waals surface area contributed by atoms with E-state index in [-0.39, 0.29) is 22.6 Å². The van der Waals surface area contributed by atoms with Crippen molar-refractivity contribution in [2.24, 2.45) is 0 Å². The molecule has 5 aromatic carbocycles. The highest BCUT2D eigenvalue weighted by atomic mass is 32.1. The number of ketones is 2. The van der Waals surface area contributed by atoms with Crippen molar-refractivity contribution in [2.45, 2.75) is 104 Å². The summed E-state index contributed by atoms with van der Waals surface area (Å²) in [7, 11) is 0. The first-order valence-corrected chi connectivity index (χ1v) is 21.6. The third kappa shape index (κ3) is 6.66. The number of fused-ring (bicyclic) bond motifs is 4. The van der Waals surface area contributed by atoms with Crippen molar-refractivity contribution in [1.82, 2.24) is 0 Å². The number of benzene rings is 5. The lowest BCUT2D eigenvalue weighted by atomic mass is 9.65. The van der Waals surface area contributed by atoms with Crippen molar-refractivity contribution >= 4 is 56.1 Å². The summed E-state index contributed by atoms with van der Waals surface area (Å²) in [5.41, 5.74) is 12.6. The van der Waals surface area contributed by atoms with Gasteiger partial charge in [0.2, 0.25) is 0 Å². The van der Waals surface area contributed by atoms with Crippen LogP contribution in [-0.2, 0) is 5.41 Å². The Balaban J connectivity index is 1.40. The molecular weight excluding hydrogens is 703 g/mol. The smallest absolute Gasteiger partial charge is 0.197 e. The highest BCUT2D eigenvalue weighted by Crippen LogP contribution is 2.60. The maximum absolute atomic E-state index is 13.8. The SMILES string of the molecule is CCCCCCC1(CCCCCC)c2cc(-c3c(C)cc(C)cc3C)ccc2N(c2cccc3ccccc23)c2sc(C=C3C(=O)c4ccccc4C3=O)cc21. The van der Waals surface area contributed by atoms with E-state index in [4.69, 9.17) is 0 Å². The summed E-state index contributed by atoms with van der Waals surface area (Å²) in [5.74, 6) is -0.352. The normalized spacial score (nSPS) is 14.3. The third-order valence-electron chi connectivity index (χ3n) is 12.3. The first-order valence-electron chi connectivity index (χ1n) is 20.8. The van der Waals surface area contributed by atoms with Crippen molar-refractivity contribution in [1.29, 1.82) is 0 Å². The summed E-state index contributed by atoms with van der Waals surface area (Å²) in [6.07, 6.45) is 13.5. The number of rotatable bonds is 13. The molecule has 0 amide bonds. The summed E-state index contributed by atoms with van der Waals surface area (Å²) in [5, 5.41) is 3.59. The van der Waals surface area contributed by atoms with Crippen LogP contribution in [0.5, 0.6) is 0 Å². The molecule has 2 aliphatic rings. The Morgan fingerprint density at radius 1 is 0.625 bits per heavy atom. The van der Waals surface area contributed by atoms with Gasteiger partial charge in [0.25, 0.3) is 0 Å². The molecule has 0 fully saturated rings. The van der Waals surface area contributed by atoms with Crippen LogP contribution < -0.4 is 4.90 Å². The number of anilines is 3. The molecule has 6 aromatic rings. The number of carbonyl (C=O) groups is 2. The molecule has 56 heavy (non-hydrogen) atoms. The minimum Gasteiger partial charge on any atom is -0.301 e. The van der Waals surface area contributed by atoms with E-state index in [1.807, 2.05) is 18.2 Å². The maximum Gasteiger partial charge on any atom is 0.197 e. The van der Waals surface area contributed by atoms with Crippen LogP contribution in [0.4, 0.5) is 16.4 Å². The van der Waals surface area contributed by atoms with Gasteiger partial charge in [0.05, 0.1) is 16.9 Å². The summed E-state index contributed by atoms with van der Waals surface area (Å²) in [4.78, 5) is 31.0. The number of hydrogen-bond donors (Lipinski definition) is 0. The van der Waals surface area contributed by atoms with Gasteiger partial charge in [-0.25, -0.2) is 0 Å². The topological polar surface area (TPSA) is 37.4 Å². The number of Topliss-reactive ketones (excluding diaryl/α,β-unsaturated/α-hetero) is 2. The maximum atomic E-state index is 13.8. The van der Waals surface area contributed by atoms with E-state index < -0.39 is 0 Å². The zero-order chi connectivity index (χ0) is 39.0. The Bertz CT molecular complexity index is 2420. The molecule has 0 N–H and O–H groups in total. The Labute approximate surface area is 337 Å². The van der Waals surface area contributed by atoms with Crippen molar-refractivity contribution in [3.63, 3.8) is 0 Å². The van der Waals surface area contributed by atoms with Crippen LogP contribution >= 0.6 is 11.3 Å². The summed E-state index contributed by atoms with van der Waals surface area (Å²) in [6, 6.07) is 36.8. The van der Waals surface area contributed by atoms with Crippen LogP contribution in [0.25, 0.3) is 28.0 Å². The number of aryl methyl sites for hydroxylation is 3. The Morgan fingerprint density at radius 2 is 1.25 bits per heavy atom. The van der Waals surface area contributed by atoms with Gasteiger partial charge in [-0.3, -0.25) is 9.59 Å². The largest absolute Gasteiger partial charge is 0.301 e. The average Bonchev–Trinajstić information content (AvgIpc) is 3.73. The van der Waals surface area contributed by atoms with Crippen LogP contribution in [-0.4, -0.2) is 11.6 Å². The highest BCUT2D eigenvalue weighted by molar-refractivity contribution is 7.17. The molecule has 0 unspecified atom stereocenters. The summed E-state index contributed by atoms with van der Waals surface area (Å²) < 4.78 is 0. The van der Waals surface area contributed by atoms with E-state index in [1.54, 1.807) is 23.5 Å². The van der Waals surface area contributed by atoms with Crippen molar-refractivity contribution < 1.29 is 9.59 Å². The van der Waals surface area contributed by atoms with Gasteiger partial charge in [0.1, 0.15) is 5.00 Å². The predicted molar refractivity (Wildman–Crippen MR) is 238 cm³/mol. The fraction of sp³-hybridized carbons (Fsp3) is 0.308. The second-order valence-corrected chi connectivity index (χ2v) is 17.2. The van der Waals surface area contributed by atoms with E-state index in [9.17, 15) is 9.59 Å². The van der Waals surface area contributed by atoms with Crippen molar-refractivity contribution in [3.8, 4) is 11.1 Å². The lowest BCUT2D eigenvalue weighted by Gasteiger charge is -2.45. The number of carbonyl (C=O) groups excluding carboxylic acids is 2. The van der Waals surface area contributed by atoms with E-state index in [0.29, 0.717) is 11.1 Å². The predicted octanol–water partition coefficient (Wildman–Crippen LogP) is 15.0. The Morgan fingerprint density at radius 3 is 1.91 bits per heavy atom. The van der Waals surface area contributed by atoms with Crippen LogP contribution in [0, 0.1) is 20.8 Å². The van der Waals surface area contributed by atoms with Gasteiger partial charge in [0, 0.05) is 26.8 Å². The second kappa shape index (κ2) is 15.8. The number of hydrogen-bond acceptors (Lipinski definition) is 4. The molecule has 8 rings (SSSR count). The lowest BCUT2D eigenvalue weighted by Crippen LogP contribution is -2.35. The summed E-state index contributed by atoms with van der Waals surface area (Å²) >= 11 is 1.72. The average molecular weight is 756 g/mol. The molecule has 4 heteroatoms. The Kier molecular flexibility index (Phi) is 10.7. The van der Waals surface area contributed by atoms with Gasteiger partial charge in [-0.2, -0.15) is 0 Å². The number of allylic oxidation sites excluding steroid dienone is 1.